The molecule has 0 bridgehead atoms. The highest BCUT2D eigenvalue weighted by Crippen LogP contribution is 2.45. The molecule has 0 saturated heterocycles. The Morgan fingerprint density at radius 1 is 1.28 bits per heavy atom. The molecular weight excluding hydrogens is 233 g/mol. The summed E-state index contributed by atoms with van der Waals surface area (Å²) < 4.78 is 25.0. The zero-order chi connectivity index (χ0) is 12.6. The van der Waals surface area contributed by atoms with Crippen LogP contribution >= 0.6 is 0 Å². The molecule has 0 radical (unpaired) electrons. The first-order valence-electron chi connectivity index (χ1n) is 6.49. The third-order valence-electron chi connectivity index (χ3n) is 4.24. The van der Waals surface area contributed by atoms with Crippen molar-refractivity contribution in [3.63, 3.8) is 0 Å². The van der Waals surface area contributed by atoms with Gasteiger partial charge in [0.15, 0.2) is 6.79 Å². The summed E-state index contributed by atoms with van der Waals surface area (Å²) in [6, 6.07) is 3.19. The predicted molar refractivity (Wildman–Crippen MR) is 65.9 cm³/mol. The van der Waals surface area contributed by atoms with Crippen molar-refractivity contribution in [1.82, 2.24) is 0 Å². The Balaban J connectivity index is 2.15. The molecule has 1 aromatic carbocycles. The Hall–Kier alpha value is -1.13. The number of fused-ring (bicyclic) bond motifs is 1. The van der Waals surface area contributed by atoms with Crippen LogP contribution in [0, 0.1) is 5.82 Å². The zero-order valence-electron chi connectivity index (χ0n) is 10.4. The van der Waals surface area contributed by atoms with Crippen molar-refractivity contribution in [2.24, 2.45) is 5.73 Å². The van der Waals surface area contributed by atoms with E-state index in [9.17, 15) is 4.39 Å². The van der Waals surface area contributed by atoms with Crippen molar-refractivity contribution in [3.8, 4) is 5.75 Å². The number of rotatable bonds is 2. The van der Waals surface area contributed by atoms with Gasteiger partial charge in [0.25, 0.3) is 0 Å². The van der Waals surface area contributed by atoms with Gasteiger partial charge in [-0.1, -0.05) is 12.8 Å². The fourth-order valence-corrected chi connectivity index (χ4v) is 3.31. The molecule has 2 aliphatic rings. The second-order valence-electron chi connectivity index (χ2n) is 5.20. The normalized spacial score (nSPS) is 21.4. The van der Waals surface area contributed by atoms with E-state index in [1.807, 2.05) is 0 Å². The summed E-state index contributed by atoms with van der Waals surface area (Å²) in [4.78, 5) is 0. The fourth-order valence-electron chi connectivity index (χ4n) is 3.31. The summed E-state index contributed by atoms with van der Waals surface area (Å²) in [5.74, 6) is 0.576. The van der Waals surface area contributed by atoms with E-state index >= 15 is 0 Å². The summed E-state index contributed by atoms with van der Waals surface area (Å²) >= 11 is 0. The molecule has 1 saturated carbocycles. The molecule has 2 N–H and O–H groups in total. The SMILES string of the molecule is NCC1(c2c(F)ccc3c2COCO3)CCCC1. The standard InChI is InChI=1S/C14H18FNO2/c15-11-3-4-12-10(7-17-9-18-12)13(11)14(8-16)5-1-2-6-14/h3-4H,1-2,5-9,16H2. The summed E-state index contributed by atoms with van der Waals surface area (Å²) in [6.07, 6.45) is 4.14. The lowest BCUT2D eigenvalue weighted by Gasteiger charge is -2.32. The highest BCUT2D eigenvalue weighted by atomic mass is 19.1. The van der Waals surface area contributed by atoms with Crippen LogP contribution in [0.1, 0.15) is 36.8 Å². The van der Waals surface area contributed by atoms with Gasteiger partial charge in [0.2, 0.25) is 0 Å². The Labute approximate surface area is 106 Å². The van der Waals surface area contributed by atoms with Crippen molar-refractivity contribution in [1.29, 1.82) is 0 Å². The molecule has 1 heterocycles. The van der Waals surface area contributed by atoms with Gasteiger partial charge in [-0.15, -0.1) is 0 Å². The lowest BCUT2D eigenvalue weighted by atomic mass is 9.76. The maximum atomic E-state index is 14.3. The maximum Gasteiger partial charge on any atom is 0.189 e. The van der Waals surface area contributed by atoms with Crippen LogP contribution in [0.25, 0.3) is 0 Å². The molecule has 3 rings (SSSR count). The van der Waals surface area contributed by atoms with Crippen molar-refractivity contribution in [2.75, 3.05) is 13.3 Å². The molecule has 1 aliphatic heterocycles. The van der Waals surface area contributed by atoms with Crippen LogP contribution in [0.5, 0.6) is 5.75 Å². The lowest BCUT2D eigenvalue weighted by Crippen LogP contribution is -2.35. The molecule has 0 unspecified atom stereocenters. The molecule has 4 heteroatoms. The van der Waals surface area contributed by atoms with Crippen molar-refractivity contribution in [3.05, 3.63) is 29.1 Å². The summed E-state index contributed by atoms with van der Waals surface area (Å²) in [5, 5.41) is 0. The molecule has 1 aromatic rings. The Morgan fingerprint density at radius 3 is 2.78 bits per heavy atom. The number of hydrogen-bond acceptors (Lipinski definition) is 3. The van der Waals surface area contributed by atoms with Crippen LogP contribution in [0.3, 0.4) is 0 Å². The number of halogens is 1. The van der Waals surface area contributed by atoms with Gasteiger partial charge in [0.1, 0.15) is 11.6 Å². The molecule has 18 heavy (non-hydrogen) atoms. The second-order valence-corrected chi connectivity index (χ2v) is 5.20. The topological polar surface area (TPSA) is 44.5 Å². The fraction of sp³-hybridized carbons (Fsp3) is 0.571. The number of benzene rings is 1. The highest BCUT2D eigenvalue weighted by molar-refractivity contribution is 5.46. The summed E-state index contributed by atoms with van der Waals surface area (Å²) in [7, 11) is 0. The minimum absolute atomic E-state index is 0.171. The summed E-state index contributed by atoms with van der Waals surface area (Å²) in [6.45, 7) is 1.15. The zero-order valence-corrected chi connectivity index (χ0v) is 10.4. The predicted octanol–water partition coefficient (Wildman–Crippen LogP) is 2.46. The summed E-state index contributed by atoms with van der Waals surface area (Å²) in [5.41, 5.74) is 7.32. The van der Waals surface area contributed by atoms with Gasteiger partial charge in [0, 0.05) is 23.1 Å². The van der Waals surface area contributed by atoms with Gasteiger partial charge in [-0.3, -0.25) is 0 Å². The first kappa shape index (κ1) is 11.9. The van der Waals surface area contributed by atoms with Gasteiger partial charge >= 0.3 is 0 Å². The van der Waals surface area contributed by atoms with Gasteiger partial charge < -0.3 is 15.2 Å². The van der Waals surface area contributed by atoms with Gasteiger partial charge in [-0.05, 0) is 25.0 Å². The molecule has 3 nitrogen and oxygen atoms in total. The van der Waals surface area contributed by atoms with Crippen LogP contribution in [-0.2, 0) is 16.8 Å². The third-order valence-corrected chi connectivity index (χ3v) is 4.24. The number of ether oxygens (including phenoxy) is 2. The van der Waals surface area contributed by atoms with Gasteiger partial charge in [-0.2, -0.15) is 0 Å². The largest absolute Gasteiger partial charge is 0.467 e. The van der Waals surface area contributed by atoms with E-state index in [2.05, 4.69) is 0 Å². The van der Waals surface area contributed by atoms with Gasteiger partial charge in [-0.25, -0.2) is 4.39 Å². The van der Waals surface area contributed by atoms with Crippen LogP contribution in [0.4, 0.5) is 4.39 Å². The molecule has 98 valence electrons. The highest BCUT2D eigenvalue weighted by Gasteiger charge is 2.39. The number of hydrogen-bond donors (Lipinski definition) is 1. The monoisotopic (exact) mass is 251 g/mol. The molecule has 1 fully saturated rings. The van der Waals surface area contributed by atoms with Crippen LogP contribution in [0.2, 0.25) is 0 Å². The molecule has 0 amide bonds. The average Bonchev–Trinajstić information content (AvgIpc) is 2.88. The van der Waals surface area contributed by atoms with E-state index in [1.54, 1.807) is 6.07 Å². The minimum atomic E-state index is -0.223. The first-order chi connectivity index (χ1) is 8.77. The van der Waals surface area contributed by atoms with Crippen LogP contribution < -0.4 is 10.5 Å². The molecular formula is C14H18FNO2. The first-order valence-corrected chi connectivity index (χ1v) is 6.49. The maximum absolute atomic E-state index is 14.3. The van der Waals surface area contributed by atoms with E-state index in [0.29, 0.717) is 13.2 Å². The average molecular weight is 251 g/mol. The quantitative estimate of drug-likeness (QED) is 0.878. The lowest BCUT2D eigenvalue weighted by molar-refractivity contribution is -0.0177. The minimum Gasteiger partial charge on any atom is -0.467 e. The Morgan fingerprint density at radius 2 is 2.06 bits per heavy atom. The van der Waals surface area contributed by atoms with E-state index < -0.39 is 0 Å². The second kappa shape index (κ2) is 4.52. The molecule has 0 aromatic heterocycles. The van der Waals surface area contributed by atoms with Crippen molar-refractivity contribution >= 4 is 0 Å². The molecule has 0 atom stereocenters. The van der Waals surface area contributed by atoms with Crippen molar-refractivity contribution < 1.29 is 13.9 Å². The van der Waals surface area contributed by atoms with Crippen LogP contribution in [0.15, 0.2) is 12.1 Å². The number of nitrogens with two attached hydrogens (primary N) is 1. The van der Waals surface area contributed by atoms with Gasteiger partial charge in [0.05, 0.1) is 6.61 Å². The van der Waals surface area contributed by atoms with E-state index in [0.717, 1.165) is 42.6 Å². The van der Waals surface area contributed by atoms with Crippen LogP contribution in [-0.4, -0.2) is 13.3 Å². The van der Waals surface area contributed by atoms with E-state index in [-0.39, 0.29) is 18.0 Å². The Kier molecular flexibility index (Phi) is 2.99. The smallest absolute Gasteiger partial charge is 0.189 e. The third kappa shape index (κ3) is 1.71. The Bertz CT molecular complexity index is 455. The molecule has 1 aliphatic carbocycles. The van der Waals surface area contributed by atoms with E-state index in [4.69, 9.17) is 15.2 Å². The molecule has 0 spiro atoms. The van der Waals surface area contributed by atoms with E-state index in [1.165, 1.54) is 6.07 Å². The van der Waals surface area contributed by atoms with Crippen molar-refractivity contribution in [2.45, 2.75) is 37.7 Å².